The Morgan fingerprint density at radius 2 is 2.54 bits per heavy atom. The van der Waals surface area contributed by atoms with Crippen molar-refractivity contribution in [2.45, 2.75) is 6.92 Å². The number of ether oxygens (including phenoxy) is 1. The molecule has 0 radical (unpaired) electrons. The first-order valence-electron chi connectivity index (χ1n) is 3.80. The quantitative estimate of drug-likeness (QED) is 0.439. The minimum Gasteiger partial charge on any atom is -0.501 e. The summed E-state index contributed by atoms with van der Waals surface area (Å²) in [4.78, 5) is 11.3. The number of carbonyl (C=O) groups excluding carboxylic acids is 1. The maximum atomic E-state index is 11.3. The first-order valence-corrected chi connectivity index (χ1v) is 5.06. The van der Waals surface area contributed by atoms with Crippen LogP contribution in [0, 0.1) is 0 Å². The topological polar surface area (TPSA) is 26.3 Å². The summed E-state index contributed by atoms with van der Waals surface area (Å²) in [5.74, 6) is -0.0865. The molecule has 0 unspecified atom stereocenters. The first-order chi connectivity index (χ1) is 6.24. The number of ketones is 1. The number of halogens is 1. The number of allylic oxidation sites excluding steroid dienone is 1. The van der Waals surface area contributed by atoms with Crippen molar-refractivity contribution in [3.8, 4) is 0 Å². The first kappa shape index (κ1) is 10.3. The fourth-order valence-electron chi connectivity index (χ4n) is 0.742. The van der Waals surface area contributed by atoms with Crippen LogP contribution in [0.25, 0.3) is 0 Å². The summed E-state index contributed by atoms with van der Waals surface area (Å²) in [5.41, 5.74) is 0.603. The molecular formula is C9H9ClO2S. The lowest BCUT2D eigenvalue weighted by molar-refractivity contribution is 0.104. The molecule has 1 aromatic rings. The van der Waals surface area contributed by atoms with Crippen LogP contribution in [-0.4, -0.2) is 12.4 Å². The Balaban J connectivity index is 2.58. The van der Waals surface area contributed by atoms with Gasteiger partial charge in [0.1, 0.15) is 0 Å². The number of rotatable bonds is 4. The Kier molecular flexibility index (Phi) is 3.99. The van der Waals surface area contributed by atoms with Crippen molar-refractivity contribution in [3.63, 3.8) is 0 Å². The molecule has 1 aromatic heterocycles. The zero-order valence-electron chi connectivity index (χ0n) is 7.12. The molecule has 0 fully saturated rings. The molecule has 0 aliphatic heterocycles. The monoisotopic (exact) mass is 216 g/mol. The van der Waals surface area contributed by atoms with Crippen molar-refractivity contribution in [1.29, 1.82) is 0 Å². The number of thiophene rings is 1. The van der Waals surface area contributed by atoms with Crippen molar-refractivity contribution in [1.82, 2.24) is 0 Å². The Labute approximate surface area is 85.8 Å². The minimum atomic E-state index is -0.0865. The third-order valence-electron chi connectivity index (χ3n) is 1.33. The zero-order valence-corrected chi connectivity index (χ0v) is 8.69. The van der Waals surface area contributed by atoms with Gasteiger partial charge in [0.15, 0.2) is 5.78 Å². The molecule has 0 aliphatic rings. The smallest absolute Gasteiger partial charge is 0.189 e. The van der Waals surface area contributed by atoms with E-state index in [0.29, 0.717) is 16.5 Å². The summed E-state index contributed by atoms with van der Waals surface area (Å²) in [7, 11) is 0. The number of carbonyl (C=O) groups is 1. The highest BCUT2D eigenvalue weighted by Gasteiger charge is 2.03. The molecular weight excluding hydrogens is 208 g/mol. The number of hydrogen-bond acceptors (Lipinski definition) is 3. The van der Waals surface area contributed by atoms with Gasteiger partial charge < -0.3 is 4.74 Å². The van der Waals surface area contributed by atoms with Crippen molar-refractivity contribution < 1.29 is 9.53 Å². The largest absolute Gasteiger partial charge is 0.501 e. The van der Waals surface area contributed by atoms with Crippen LogP contribution in [0.4, 0.5) is 0 Å². The highest BCUT2D eigenvalue weighted by molar-refractivity contribution is 7.14. The molecule has 0 bridgehead atoms. The third-order valence-corrected chi connectivity index (χ3v) is 2.43. The van der Waals surface area contributed by atoms with Gasteiger partial charge >= 0.3 is 0 Å². The lowest BCUT2D eigenvalue weighted by atomic mass is 10.2. The van der Waals surface area contributed by atoms with Gasteiger partial charge in [0.25, 0.3) is 0 Å². The molecule has 0 atom stereocenters. The summed E-state index contributed by atoms with van der Waals surface area (Å²) in [6, 6.07) is 1.64. The Hall–Kier alpha value is -0.800. The Morgan fingerprint density at radius 1 is 1.77 bits per heavy atom. The number of hydrogen-bond donors (Lipinski definition) is 0. The summed E-state index contributed by atoms with van der Waals surface area (Å²) in [6.07, 6.45) is 2.79. The van der Waals surface area contributed by atoms with E-state index in [1.54, 1.807) is 11.4 Å². The van der Waals surface area contributed by atoms with Gasteiger partial charge in [0, 0.05) is 17.0 Å². The highest BCUT2D eigenvalue weighted by Crippen LogP contribution is 2.20. The molecule has 0 aliphatic carbocycles. The molecule has 4 heteroatoms. The van der Waals surface area contributed by atoms with Gasteiger partial charge in [-0.3, -0.25) is 4.79 Å². The average molecular weight is 217 g/mol. The summed E-state index contributed by atoms with van der Waals surface area (Å²) < 4.78 is 5.52. The SMILES string of the molecule is CCO/C=C/C(=O)c1csc(Cl)c1. The van der Waals surface area contributed by atoms with E-state index in [2.05, 4.69) is 0 Å². The van der Waals surface area contributed by atoms with E-state index in [1.165, 1.54) is 23.7 Å². The Morgan fingerprint density at radius 3 is 3.08 bits per heavy atom. The average Bonchev–Trinajstić information content (AvgIpc) is 2.52. The van der Waals surface area contributed by atoms with Gasteiger partial charge in [-0.05, 0) is 13.0 Å². The van der Waals surface area contributed by atoms with Crippen LogP contribution < -0.4 is 0 Å². The fourth-order valence-corrected chi connectivity index (χ4v) is 1.61. The third kappa shape index (κ3) is 3.20. The van der Waals surface area contributed by atoms with Crippen LogP contribution in [0.2, 0.25) is 4.34 Å². The molecule has 2 nitrogen and oxygen atoms in total. The van der Waals surface area contributed by atoms with E-state index >= 15 is 0 Å². The van der Waals surface area contributed by atoms with Gasteiger partial charge in [-0.15, -0.1) is 11.3 Å². The molecule has 0 amide bonds. The standard InChI is InChI=1S/C9H9ClO2S/c1-2-12-4-3-8(11)7-5-9(10)13-6-7/h3-6H,2H2,1H3/b4-3+. The predicted molar refractivity (Wildman–Crippen MR) is 54.4 cm³/mol. The van der Waals surface area contributed by atoms with Crippen LogP contribution in [-0.2, 0) is 4.74 Å². The second kappa shape index (κ2) is 5.04. The molecule has 0 N–H and O–H groups in total. The van der Waals surface area contributed by atoms with Crippen molar-refractivity contribution in [2.75, 3.05) is 6.61 Å². The maximum Gasteiger partial charge on any atom is 0.189 e. The van der Waals surface area contributed by atoms with Crippen LogP contribution in [0.15, 0.2) is 23.8 Å². The van der Waals surface area contributed by atoms with Gasteiger partial charge in [-0.1, -0.05) is 11.6 Å². The molecule has 13 heavy (non-hydrogen) atoms. The highest BCUT2D eigenvalue weighted by atomic mass is 35.5. The molecule has 0 saturated heterocycles. The van der Waals surface area contributed by atoms with Crippen molar-refractivity contribution in [2.24, 2.45) is 0 Å². The van der Waals surface area contributed by atoms with E-state index in [4.69, 9.17) is 16.3 Å². The minimum absolute atomic E-state index is 0.0865. The van der Waals surface area contributed by atoms with E-state index < -0.39 is 0 Å². The lowest BCUT2D eigenvalue weighted by Gasteiger charge is -1.91. The van der Waals surface area contributed by atoms with Crippen LogP contribution in [0.3, 0.4) is 0 Å². The zero-order chi connectivity index (χ0) is 9.68. The van der Waals surface area contributed by atoms with Crippen molar-refractivity contribution in [3.05, 3.63) is 33.7 Å². The molecule has 1 heterocycles. The second-order valence-electron chi connectivity index (χ2n) is 2.26. The normalized spacial score (nSPS) is 10.6. The van der Waals surface area contributed by atoms with E-state index in [-0.39, 0.29) is 5.78 Å². The van der Waals surface area contributed by atoms with Crippen LogP contribution in [0.1, 0.15) is 17.3 Å². The molecule has 70 valence electrons. The molecule has 0 spiro atoms. The Bertz CT molecular complexity index is 317. The molecule has 1 rings (SSSR count). The van der Waals surface area contributed by atoms with E-state index in [1.807, 2.05) is 6.92 Å². The summed E-state index contributed by atoms with van der Waals surface area (Å²) >= 11 is 7.02. The van der Waals surface area contributed by atoms with Gasteiger partial charge in [0.05, 0.1) is 17.2 Å². The maximum absolute atomic E-state index is 11.3. The second-order valence-corrected chi connectivity index (χ2v) is 3.80. The van der Waals surface area contributed by atoms with Crippen LogP contribution >= 0.6 is 22.9 Å². The van der Waals surface area contributed by atoms with Gasteiger partial charge in [-0.2, -0.15) is 0 Å². The van der Waals surface area contributed by atoms with Crippen LogP contribution in [0.5, 0.6) is 0 Å². The fraction of sp³-hybridized carbons (Fsp3) is 0.222. The van der Waals surface area contributed by atoms with E-state index in [0.717, 1.165) is 0 Å². The lowest BCUT2D eigenvalue weighted by Crippen LogP contribution is -1.91. The van der Waals surface area contributed by atoms with E-state index in [9.17, 15) is 4.79 Å². The molecule has 0 aromatic carbocycles. The molecule has 0 saturated carbocycles. The van der Waals surface area contributed by atoms with Gasteiger partial charge in [-0.25, -0.2) is 0 Å². The predicted octanol–water partition coefficient (Wildman–Crippen LogP) is 3.13. The van der Waals surface area contributed by atoms with Crippen molar-refractivity contribution >= 4 is 28.7 Å². The van der Waals surface area contributed by atoms with Gasteiger partial charge in [0.2, 0.25) is 0 Å². The summed E-state index contributed by atoms with van der Waals surface area (Å²) in [6.45, 7) is 2.42. The summed E-state index contributed by atoms with van der Waals surface area (Å²) in [5, 5.41) is 1.72.